The lowest BCUT2D eigenvalue weighted by molar-refractivity contribution is -0.384. The van der Waals surface area contributed by atoms with Crippen molar-refractivity contribution in [2.75, 3.05) is 18.4 Å². The number of hydrogen-bond acceptors (Lipinski definition) is 5. The molecule has 1 unspecified atom stereocenters. The van der Waals surface area contributed by atoms with E-state index in [2.05, 4.69) is 20.6 Å². The minimum absolute atomic E-state index is 0.0713. The summed E-state index contributed by atoms with van der Waals surface area (Å²) in [5.41, 5.74) is 1.49. The van der Waals surface area contributed by atoms with Crippen LogP contribution in [0.3, 0.4) is 0 Å². The zero-order valence-corrected chi connectivity index (χ0v) is 10.3. The standard InChI is InChI=1S/C12H15N5O2/c18-17(19)9-3-4-10-11(6-9)16-12(15-10)14-8-2-1-5-13-7-8/h3-4,6,8,13H,1-2,5,7H2,(H2,14,15,16). The SMILES string of the molecule is O=[N+]([O-])c1ccc2nc(NC3CCCNC3)[nH]c2c1. The predicted molar refractivity (Wildman–Crippen MR) is 72.3 cm³/mol. The number of anilines is 1. The van der Waals surface area contributed by atoms with E-state index in [4.69, 9.17) is 0 Å². The van der Waals surface area contributed by atoms with Crippen LogP contribution in [0.2, 0.25) is 0 Å². The van der Waals surface area contributed by atoms with E-state index in [-0.39, 0.29) is 5.69 Å². The second-order valence-corrected chi connectivity index (χ2v) is 4.73. The summed E-state index contributed by atoms with van der Waals surface area (Å²) in [6.07, 6.45) is 2.24. The molecule has 1 aromatic carbocycles. The maximum atomic E-state index is 10.7. The topological polar surface area (TPSA) is 95.9 Å². The van der Waals surface area contributed by atoms with Crippen molar-refractivity contribution in [1.29, 1.82) is 0 Å². The number of piperidine rings is 1. The van der Waals surface area contributed by atoms with Crippen molar-refractivity contribution in [2.45, 2.75) is 18.9 Å². The molecule has 3 N–H and O–H groups in total. The zero-order valence-electron chi connectivity index (χ0n) is 10.3. The smallest absolute Gasteiger partial charge is 0.271 e. The Morgan fingerprint density at radius 2 is 2.37 bits per heavy atom. The monoisotopic (exact) mass is 261 g/mol. The van der Waals surface area contributed by atoms with Gasteiger partial charge in [0.25, 0.3) is 5.69 Å². The number of fused-ring (bicyclic) bond motifs is 1. The average molecular weight is 261 g/mol. The van der Waals surface area contributed by atoms with Crippen molar-refractivity contribution in [3.05, 3.63) is 28.3 Å². The van der Waals surface area contributed by atoms with Crippen LogP contribution >= 0.6 is 0 Å². The molecule has 0 bridgehead atoms. The number of nitrogens with zero attached hydrogens (tertiary/aromatic N) is 2. The summed E-state index contributed by atoms with van der Waals surface area (Å²) >= 11 is 0. The van der Waals surface area contributed by atoms with E-state index in [9.17, 15) is 10.1 Å². The molecule has 0 spiro atoms. The van der Waals surface area contributed by atoms with Gasteiger partial charge in [0, 0.05) is 24.7 Å². The highest BCUT2D eigenvalue weighted by atomic mass is 16.6. The minimum Gasteiger partial charge on any atom is -0.352 e. The van der Waals surface area contributed by atoms with E-state index in [0.29, 0.717) is 17.5 Å². The Bertz CT molecular complexity index is 603. The fourth-order valence-electron chi connectivity index (χ4n) is 2.35. The lowest BCUT2D eigenvalue weighted by atomic mass is 10.1. The molecule has 0 radical (unpaired) electrons. The Hall–Kier alpha value is -2.15. The Morgan fingerprint density at radius 1 is 1.47 bits per heavy atom. The number of H-pyrrole nitrogens is 1. The van der Waals surface area contributed by atoms with Crippen LogP contribution in [0.5, 0.6) is 0 Å². The number of benzene rings is 1. The van der Waals surface area contributed by atoms with Crippen LogP contribution in [-0.2, 0) is 0 Å². The molecule has 1 atom stereocenters. The number of aromatic amines is 1. The number of nitrogens with one attached hydrogen (secondary N) is 3. The van der Waals surface area contributed by atoms with Gasteiger partial charge in [0.1, 0.15) is 0 Å². The van der Waals surface area contributed by atoms with E-state index in [1.54, 1.807) is 6.07 Å². The molecule has 0 aliphatic carbocycles. The van der Waals surface area contributed by atoms with Crippen LogP contribution in [0.4, 0.5) is 11.6 Å². The van der Waals surface area contributed by atoms with E-state index in [1.165, 1.54) is 12.1 Å². The van der Waals surface area contributed by atoms with Crippen LogP contribution in [0.25, 0.3) is 11.0 Å². The highest BCUT2D eigenvalue weighted by Crippen LogP contribution is 2.21. The van der Waals surface area contributed by atoms with E-state index in [1.807, 2.05) is 0 Å². The first-order valence-electron chi connectivity index (χ1n) is 6.34. The highest BCUT2D eigenvalue weighted by Gasteiger charge is 2.15. The number of imidazole rings is 1. The third kappa shape index (κ3) is 2.50. The number of non-ortho nitro benzene ring substituents is 1. The number of nitro benzene ring substituents is 1. The lowest BCUT2D eigenvalue weighted by Gasteiger charge is -2.23. The largest absolute Gasteiger partial charge is 0.352 e. The van der Waals surface area contributed by atoms with Gasteiger partial charge in [-0.3, -0.25) is 10.1 Å². The highest BCUT2D eigenvalue weighted by molar-refractivity contribution is 5.79. The molecular weight excluding hydrogens is 246 g/mol. The van der Waals surface area contributed by atoms with Gasteiger partial charge in [0.15, 0.2) is 0 Å². The Morgan fingerprint density at radius 3 is 3.11 bits per heavy atom. The summed E-state index contributed by atoms with van der Waals surface area (Å²) in [7, 11) is 0. The fraction of sp³-hybridized carbons (Fsp3) is 0.417. The van der Waals surface area contributed by atoms with E-state index >= 15 is 0 Å². The van der Waals surface area contributed by atoms with Gasteiger partial charge < -0.3 is 15.6 Å². The number of nitro groups is 1. The molecule has 100 valence electrons. The quantitative estimate of drug-likeness (QED) is 0.576. The molecule has 7 nitrogen and oxygen atoms in total. The van der Waals surface area contributed by atoms with Crippen molar-refractivity contribution >= 4 is 22.7 Å². The molecule has 1 saturated heterocycles. The second kappa shape index (κ2) is 4.85. The summed E-state index contributed by atoms with van der Waals surface area (Å²) in [6, 6.07) is 4.99. The lowest BCUT2D eigenvalue weighted by Crippen LogP contribution is -2.38. The molecule has 19 heavy (non-hydrogen) atoms. The third-order valence-corrected chi connectivity index (χ3v) is 3.31. The predicted octanol–water partition coefficient (Wildman–Crippen LogP) is 1.63. The van der Waals surface area contributed by atoms with Gasteiger partial charge in [0.05, 0.1) is 16.0 Å². The van der Waals surface area contributed by atoms with Crippen molar-refractivity contribution in [2.24, 2.45) is 0 Å². The van der Waals surface area contributed by atoms with Gasteiger partial charge in [-0.15, -0.1) is 0 Å². The molecule has 1 aromatic heterocycles. The van der Waals surface area contributed by atoms with Gasteiger partial charge in [-0.05, 0) is 25.5 Å². The average Bonchev–Trinajstić information content (AvgIpc) is 2.80. The summed E-state index contributed by atoms with van der Waals surface area (Å²) in [6.45, 7) is 1.97. The van der Waals surface area contributed by atoms with E-state index in [0.717, 1.165) is 31.4 Å². The summed E-state index contributed by atoms with van der Waals surface area (Å²) in [5.74, 6) is 0.671. The summed E-state index contributed by atoms with van der Waals surface area (Å²) in [4.78, 5) is 17.8. The third-order valence-electron chi connectivity index (χ3n) is 3.31. The van der Waals surface area contributed by atoms with Crippen LogP contribution in [0, 0.1) is 10.1 Å². The normalized spacial score (nSPS) is 19.5. The molecule has 0 amide bonds. The van der Waals surface area contributed by atoms with Gasteiger partial charge in [-0.25, -0.2) is 4.98 Å². The molecule has 1 aliphatic heterocycles. The number of aromatic nitrogens is 2. The molecule has 2 heterocycles. The number of rotatable bonds is 3. The molecule has 1 aliphatic rings. The molecule has 3 rings (SSSR count). The Kier molecular flexibility index (Phi) is 3.04. The second-order valence-electron chi connectivity index (χ2n) is 4.73. The van der Waals surface area contributed by atoms with Gasteiger partial charge in [-0.2, -0.15) is 0 Å². The maximum absolute atomic E-state index is 10.7. The minimum atomic E-state index is -0.404. The first-order chi connectivity index (χ1) is 9.22. The molecule has 0 saturated carbocycles. The van der Waals surface area contributed by atoms with Crippen molar-refractivity contribution in [3.8, 4) is 0 Å². The first-order valence-corrected chi connectivity index (χ1v) is 6.34. The molecule has 7 heteroatoms. The first kappa shape index (κ1) is 11.9. The van der Waals surface area contributed by atoms with Crippen LogP contribution in [0.15, 0.2) is 18.2 Å². The molecular formula is C12H15N5O2. The van der Waals surface area contributed by atoms with Gasteiger partial charge in [-0.1, -0.05) is 0 Å². The van der Waals surface area contributed by atoms with Crippen LogP contribution in [-0.4, -0.2) is 34.0 Å². The van der Waals surface area contributed by atoms with Crippen LogP contribution < -0.4 is 10.6 Å². The Balaban J connectivity index is 1.82. The van der Waals surface area contributed by atoms with Crippen molar-refractivity contribution in [1.82, 2.24) is 15.3 Å². The maximum Gasteiger partial charge on any atom is 0.271 e. The van der Waals surface area contributed by atoms with Gasteiger partial charge >= 0.3 is 0 Å². The van der Waals surface area contributed by atoms with Gasteiger partial charge in [0.2, 0.25) is 5.95 Å². The van der Waals surface area contributed by atoms with Crippen molar-refractivity contribution < 1.29 is 4.92 Å². The molecule has 1 fully saturated rings. The van der Waals surface area contributed by atoms with Crippen LogP contribution in [0.1, 0.15) is 12.8 Å². The zero-order chi connectivity index (χ0) is 13.2. The summed E-state index contributed by atoms with van der Waals surface area (Å²) in [5, 5.41) is 17.4. The fourth-order valence-corrected chi connectivity index (χ4v) is 2.35. The summed E-state index contributed by atoms with van der Waals surface area (Å²) < 4.78 is 0. The van der Waals surface area contributed by atoms with E-state index < -0.39 is 4.92 Å². The van der Waals surface area contributed by atoms with Crippen molar-refractivity contribution in [3.63, 3.8) is 0 Å². The number of hydrogen-bond donors (Lipinski definition) is 3. The Labute approximate surface area is 109 Å². The molecule has 2 aromatic rings.